The van der Waals surface area contributed by atoms with Crippen LogP contribution in [0, 0.1) is 5.92 Å². The lowest BCUT2D eigenvalue weighted by Gasteiger charge is -2.18. The molecule has 1 aromatic heterocycles. The summed E-state index contributed by atoms with van der Waals surface area (Å²) in [6, 6.07) is 0. The Morgan fingerprint density at radius 3 is 2.96 bits per heavy atom. The Kier molecular flexibility index (Phi) is 4.87. The van der Waals surface area contributed by atoms with E-state index in [2.05, 4.69) is 15.4 Å². The van der Waals surface area contributed by atoms with E-state index in [4.69, 9.17) is 9.94 Å². The van der Waals surface area contributed by atoms with E-state index >= 15 is 0 Å². The molecule has 126 valence electrons. The van der Waals surface area contributed by atoms with Crippen molar-refractivity contribution in [1.29, 1.82) is 0 Å². The maximum Gasteiger partial charge on any atom is 0.303 e. The van der Waals surface area contributed by atoms with Crippen molar-refractivity contribution in [3.05, 3.63) is 11.9 Å². The first-order valence-corrected chi connectivity index (χ1v) is 7.86. The Labute approximate surface area is 133 Å². The summed E-state index contributed by atoms with van der Waals surface area (Å²) in [6.45, 7) is 3.09. The van der Waals surface area contributed by atoms with Gasteiger partial charge in [0, 0.05) is 38.5 Å². The number of aromatic amines is 1. The molecule has 1 aromatic rings. The van der Waals surface area contributed by atoms with E-state index in [9.17, 15) is 9.59 Å². The largest absolute Gasteiger partial charge is 0.481 e. The predicted molar refractivity (Wildman–Crippen MR) is 78.2 cm³/mol. The highest BCUT2D eigenvalue weighted by Gasteiger charge is 2.38. The fourth-order valence-electron chi connectivity index (χ4n) is 3.28. The fraction of sp³-hybridized carbons (Fsp3) is 0.714. The minimum absolute atomic E-state index is 0.0243. The van der Waals surface area contributed by atoms with Gasteiger partial charge in [-0.1, -0.05) is 0 Å². The van der Waals surface area contributed by atoms with Crippen LogP contribution >= 0.6 is 0 Å². The molecule has 2 aliphatic rings. The van der Waals surface area contributed by atoms with E-state index < -0.39 is 5.97 Å². The molecule has 9 nitrogen and oxygen atoms in total. The normalized spacial score (nSPS) is 25.1. The highest BCUT2D eigenvalue weighted by atomic mass is 16.7. The molecule has 0 unspecified atom stereocenters. The average molecular weight is 323 g/mol. The van der Waals surface area contributed by atoms with Crippen LogP contribution in [0.3, 0.4) is 0 Å². The van der Waals surface area contributed by atoms with Crippen LogP contribution in [0.15, 0.2) is 6.20 Å². The van der Waals surface area contributed by atoms with Gasteiger partial charge in [0.1, 0.15) is 0 Å². The number of carboxylic acids is 1. The molecular formula is C14H21N5O4. The third kappa shape index (κ3) is 3.85. The maximum absolute atomic E-state index is 12.4. The Morgan fingerprint density at radius 2 is 2.30 bits per heavy atom. The van der Waals surface area contributed by atoms with Crippen LogP contribution in [0.4, 0.5) is 0 Å². The molecule has 3 rings (SSSR count). The summed E-state index contributed by atoms with van der Waals surface area (Å²) < 4.78 is 0. The summed E-state index contributed by atoms with van der Waals surface area (Å²) in [5.41, 5.74) is 0.717. The molecule has 1 amide bonds. The lowest BCUT2D eigenvalue weighted by molar-refractivity contribution is -0.140. The van der Waals surface area contributed by atoms with Gasteiger partial charge >= 0.3 is 5.97 Å². The Bertz CT molecular complexity index is 543. The molecule has 2 atom stereocenters. The monoisotopic (exact) mass is 323 g/mol. The van der Waals surface area contributed by atoms with Gasteiger partial charge < -0.3 is 10.0 Å². The van der Waals surface area contributed by atoms with Gasteiger partial charge in [0.05, 0.1) is 24.9 Å². The molecule has 0 bridgehead atoms. The van der Waals surface area contributed by atoms with E-state index in [-0.39, 0.29) is 24.2 Å². The van der Waals surface area contributed by atoms with Crippen molar-refractivity contribution >= 4 is 11.9 Å². The highest BCUT2D eigenvalue weighted by Crippen LogP contribution is 2.33. The van der Waals surface area contributed by atoms with Crippen molar-refractivity contribution in [2.45, 2.75) is 25.2 Å². The topological polar surface area (TPSA) is 112 Å². The predicted octanol–water partition coefficient (Wildman–Crippen LogP) is -0.151. The van der Waals surface area contributed by atoms with E-state index in [1.807, 2.05) is 5.06 Å². The second-order valence-electron chi connectivity index (χ2n) is 6.02. The molecule has 0 saturated carbocycles. The summed E-state index contributed by atoms with van der Waals surface area (Å²) in [6.07, 6.45) is 3.00. The number of rotatable bonds is 6. The molecule has 2 aliphatic heterocycles. The third-order valence-electron chi connectivity index (χ3n) is 4.44. The fourth-order valence-corrected chi connectivity index (χ4v) is 3.28. The Hall–Kier alpha value is -2.00. The summed E-state index contributed by atoms with van der Waals surface area (Å²) in [7, 11) is 0. The van der Waals surface area contributed by atoms with Crippen LogP contribution < -0.4 is 0 Å². The zero-order valence-corrected chi connectivity index (χ0v) is 12.8. The van der Waals surface area contributed by atoms with E-state index in [1.54, 1.807) is 11.1 Å². The minimum atomic E-state index is -0.858. The number of carbonyl (C=O) groups excluding carboxylic acids is 1. The van der Waals surface area contributed by atoms with Crippen molar-refractivity contribution < 1.29 is 19.5 Å². The van der Waals surface area contributed by atoms with Gasteiger partial charge in [-0.3, -0.25) is 14.4 Å². The number of carboxylic acid groups (broad SMARTS) is 1. The molecule has 3 heterocycles. The van der Waals surface area contributed by atoms with Gasteiger partial charge in [-0.15, -0.1) is 0 Å². The van der Waals surface area contributed by atoms with Crippen molar-refractivity contribution in [2.75, 3.05) is 32.8 Å². The van der Waals surface area contributed by atoms with Crippen LogP contribution in [-0.4, -0.2) is 75.1 Å². The number of aromatic nitrogens is 3. The molecule has 23 heavy (non-hydrogen) atoms. The number of likely N-dealkylation sites (tertiary alicyclic amines) is 1. The van der Waals surface area contributed by atoms with E-state index in [0.717, 1.165) is 18.7 Å². The SMILES string of the molecule is O=C(O)C[C@H]1CN(C(=O)CCN2CCCO2)C[C@H]1c1cn[nH]n1. The first-order valence-electron chi connectivity index (χ1n) is 7.86. The second kappa shape index (κ2) is 7.05. The lowest BCUT2D eigenvalue weighted by atomic mass is 9.91. The number of hydrogen-bond acceptors (Lipinski definition) is 6. The van der Waals surface area contributed by atoms with Crippen LogP contribution in [-0.2, 0) is 14.4 Å². The van der Waals surface area contributed by atoms with Crippen molar-refractivity contribution in [3.63, 3.8) is 0 Å². The molecule has 2 N–H and O–H groups in total. The summed E-state index contributed by atoms with van der Waals surface area (Å²) >= 11 is 0. The molecule has 0 radical (unpaired) electrons. The average Bonchev–Trinajstić information content (AvgIpc) is 3.25. The maximum atomic E-state index is 12.4. The van der Waals surface area contributed by atoms with Crippen LogP contribution in [0.1, 0.15) is 30.9 Å². The van der Waals surface area contributed by atoms with Crippen molar-refractivity contribution in [3.8, 4) is 0 Å². The molecule has 2 fully saturated rings. The van der Waals surface area contributed by atoms with Crippen LogP contribution in [0.25, 0.3) is 0 Å². The van der Waals surface area contributed by atoms with Gasteiger partial charge in [-0.2, -0.15) is 20.5 Å². The number of H-pyrrole nitrogens is 1. The number of hydroxylamine groups is 2. The molecule has 9 heteroatoms. The van der Waals surface area contributed by atoms with Gasteiger partial charge in [0.15, 0.2) is 0 Å². The zero-order valence-electron chi connectivity index (χ0n) is 12.8. The second-order valence-corrected chi connectivity index (χ2v) is 6.02. The minimum Gasteiger partial charge on any atom is -0.481 e. The number of nitrogens with one attached hydrogen (secondary N) is 1. The summed E-state index contributed by atoms with van der Waals surface area (Å²) in [5, 5.41) is 21.3. The third-order valence-corrected chi connectivity index (χ3v) is 4.44. The molecule has 0 aromatic carbocycles. The zero-order chi connectivity index (χ0) is 16.2. The van der Waals surface area contributed by atoms with Crippen molar-refractivity contribution in [2.24, 2.45) is 5.92 Å². The Morgan fingerprint density at radius 1 is 1.43 bits per heavy atom. The number of aliphatic carboxylic acids is 1. The smallest absolute Gasteiger partial charge is 0.303 e. The molecule has 2 saturated heterocycles. The Balaban J connectivity index is 1.59. The van der Waals surface area contributed by atoms with Crippen molar-refractivity contribution in [1.82, 2.24) is 25.4 Å². The van der Waals surface area contributed by atoms with Crippen LogP contribution in [0.2, 0.25) is 0 Å². The lowest BCUT2D eigenvalue weighted by Crippen LogP contribution is -2.32. The number of amides is 1. The number of carbonyl (C=O) groups is 2. The summed E-state index contributed by atoms with van der Waals surface area (Å²) in [5.74, 6) is -1.05. The van der Waals surface area contributed by atoms with Gasteiger partial charge in [-0.25, -0.2) is 0 Å². The first kappa shape index (κ1) is 15.9. The highest BCUT2D eigenvalue weighted by molar-refractivity contribution is 5.77. The molecule has 0 spiro atoms. The summed E-state index contributed by atoms with van der Waals surface area (Å²) in [4.78, 5) is 30.6. The van der Waals surface area contributed by atoms with Gasteiger partial charge in [0.25, 0.3) is 0 Å². The van der Waals surface area contributed by atoms with Gasteiger partial charge in [0.2, 0.25) is 5.91 Å². The molecule has 0 aliphatic carbocycles. The standard InChI is InChI=1S/C14H21N5O4/c20-13(2-4-19-3-1-5-23-19)18-8-10(6-14(21)22)11(9-18)12-7-15-17-16-12/h7,10-11H,1-6,8-9H2,(H,21,22)(H,15,16,17)/t10-,11+/m0/s1. The number of nitrogens with zero attached hydrogens (tertiary/aromatic N) is 4. The molecular weight excluding hydrogens is 302 g/mol. The van der Waals surface area contributed by atoms with E-state index in [0.29, 0.717) is 32.7 Å². The quantitative estimate of drug-likeness (QED) is 0.748. The van der Waals surface area contributed by atoms with Crippen LogP contribution in [0.5, 0.6) is 0 Å². The van der Waals surface area contributed by atoms with E-state index in [1.165, 1.54) is 0 Å². The van der Waals surface area contributed by atoms with Gasteiger partial charge in [-0.05, 0) is 12.3 Å². The number of hydrogen-bond donors (Lipinski definition) is 2. The first-order chi connectivity index (χ1) is 11.1.